The Morgan fingerprint density at radius 2 is 2.06 bits per heavy atom. The van der Waals surface area contributed by atoms with Gasteiger partial charge in [0.2, 0.25) is 0 Å². The molecule has 0 aromatic heterocycles. The quantitative estimate of drug-likeness (QED) is 0.883. The third-order valence-electron chi connectivity index (χ3n) is 3.35. The van der Waals surface area contributed by atoms with E-state index in [9.17, 15) is 4.39 Å². The van der Waals surface area contributed by atoms with Crippen LogP contribution < -0.4 is 5.32 Å². The molecule has 1 aromatic rings. The molecule has 1 saturated heterocycles. The molecule has 2 nitrogen and oxygen atoms in total. The molecule has 0 aliphatic carbocycles. The fourth-order valence-corrected chi connectivity index (χ4v) is 3.18. The molecule has 1 N–H and O–H groups in total. The molecule has 0 bridgehead atoms. The first-order valence-electron chi connectivity index (χ1n) is 6.55. The average Bonchev–Trinajstić information content (AvgIpc) is 2.40. The Bertz CT molecular complexity index is 367. The van der Waals surface area contributed by atoms with Crippen molar-refractivity contribution in [1.82, 2.24) is 10.2 Å². The molecule has 18 heavy (non-hydrogen) atoms. The zero-order valence-electron chi connectivity index (χ0n) is 10.9. The number of hydrogen-bond donors (Lipinski definition) is 1. The van der Waals surface area contributed by atoms with Crippen molar-refractivity contribution in [3.63, 3.8) is 0 Å². The van der Waals surface area contributed by atoms with E-state index in [1.54, 1.807) is 6.07 Å². The van der Waals surface area contributed by atoms with Crippen LogP contribution in [0.5, 0.6) is 0 Å². The lowest BCUT2D eigenvalue weighted by Gasteiger charge is -2.27. The van der Waals surface area contributed by atoms with Crippen molar-refractivity contribution in [3.05, 3.63) is 35.6 Å². The van der Waals surface area contributed by atoms with Gasteiger partial charge in [0.15, 0.2) is 0 Å². The van der Waals surface area contributed by atoms with Gasteiger partial charge in [-0.25, -0.2) is 4.39 Å². The van der Waals surface area contributed by atoms with Gasteiger partial charge in [0.05, 0.1) is 0 Å². The summed E-state index contributed by atoms with van der Waals surface area (Å²) in [6, 6.07) is 7.07. The fraction of sp³-hybridized carbons (Fsp3) is 0.571. The summed E-state index contributed by atoms with van der Waals surface area (Å²) >= 11 is 2.03. The van der Waals surface area contributed by atoms with Gasteiger partial charge in [-0.15, -0.1) is 0 Å². The van der Waals surface area contributed by atoms with Gasteiger partial charge < -0.3 is 10.2 Å². The standard InChI is InChI=1S/C14H21FN2S/c1-12(13-4-2-3-5-14(13)15)16-6-7-17-8-10-18-11-9-17/h2-5,12,16H,6-11H2,1H3. The number of halogens is 1. The minimum Gasteiger partial charge on any atom is -0.309 e. The van der Waals surface area contributed by atoms with E-state index in [1.165, 1.54) is 30.7 Å². The lowest BCUT2D eigenvalue weighted by molar-refractivity contribution is 0.296. The van der Waals surface area contributed by atoms with Gasteiger partial charge in [-0.2, -0.15) is 11.8 Å². The zero-order chi connectivity index (χ0) is 12.8. The van der Waals surface area contributed by atoms with Crippen LogP contribution in [0.4, 0.5) is 4.39 Å². The van der Waals surface area contributed by atoms with E-state index < -0.39 is 0 Å². The van der Waals surface area contributed by atoms with Crippen LogP contribution in [0, 0.1) is 5.82 Å². The van der Waals surface area contributed by atoms with Crippen molar-refractivity contribution >= 4 is 11.8 Å². The highest BCUT2D eigenvalue weighted by Crippen LogP contribution is 2.15. The van der Waals surface area contributed by atoms with Crippen LogP contribution in [0.2, 0.25) is 0 Å². The Balaban J connectivity index is 1.74. The lowest BCUT2D eigenvalue weighted by Crippen LogP contribution is -2.38. The molecular formula is C14H21FN2S. The van der Waals surface area contributed by atoms with Crippen LogP contribution in [0.1, 0.15) is 18.5 Å². The minimum atomic E-state index is -0.119. The predicted octanol–water partition coefficient (Wildman–Crippen LogP) is 2.53. The summed E-state index contributed by atoms with van der Waals surface area (Å²) < 4.78 is 13.6. The van der Waals surface area contributed by atoms with Crippen molar-refractivity contribution in [2.24, 2.45) is 0 Å². The van der Waals surface area contributed by atoms with E-state index in [2.05, 4.69) is 10.2 Å². The summed E-state index contributed by atoms with van der Waals surface area (Å²) in [5.41, 5.74) is 0.756. The van der Waals surface area contributed by atoms with Gasteiger partial charge in [0.25, 0.3) is 0 Å². The van der Waals surface area contributed by atoms with Crippen LogP contribution in [0.15, 0.2) is 24.3 Å². The molecule has 1 aliphatic rings. The van der Waals surface area contributed by atoms with Crippen molar-refractivity contribution < 1.29 is 4.39 Å². The first kappa shape index (κ1) is 13.8. The summed E-state index contributed by atoms with van der Waals surface area (Å²) in [6.45, 7) is 6.35. The fourth-order valence-electron chi connectivity index (χ4n) is 2.20. The van der Waals surface area contributed by atoms with Gasteiger partial charge in [0.1, 0.15) is 5.82 Å². The molecule has 1 fully saturated rings. The molecule has 1 heterocycles. The third kappa shape index (κ3) is 3.97. The zero-order valence-corrected chi connectivity index (χ0v) is 11.7. The van der Waals surface area contributed by atoms with Crippen LogP contribution >= 0.6 is 11.8 Å². The summed E-state index contributed by atoms with van der Waals surface area (Å²) in [7, 11) is 0. The Labute approximate surface area is 113 Å². The molecule has 1 unspecified atom stereocenters. The Hall–Kier alpha value is -0.580. The van der Waals surface area contributed by atoms with E-state index in [0.29, 0.717) is 0 Å². The highest BCUT2D eigenvalue weighted by atomic mass is 32.2. The number of benzene rings is 1. The van der Waals surface area contributed by atoms with Crippen molar-refractivity contribution in [2.75, 3.05) is 37.7 Å². The molecule has 2 rings (SSSR count). The maximum absolute atomic E-state index is 13.6. The molecular weight excluding hydrogens is 247 g/mol. The molecule has 0 amide bonds. The molecule has 0 spiro atoms. The van der Waals surface area contributed by atoms with Crippen molar-refractivity contribution in [3.8, 4) is 0 Å². The topological polar surface area (TPSA) is 15.3 Å². The van der Waals surface area contributed by atoms with E-state index in [-0.39, 0.29) is 11.9 Å². The molecule has 1 atom stereocenters. The Morgan fingerprint density at radius 3 is 2.78 bits per heavy atom. The van der Waals surface area contributed by atoms with E-state index in [1.807, 2.05) is 30.8 Å². The van der Waals surface area contributed by atoms with Crippen LogP contribution in [0.25, 0.3) is 0 Å². The first-order chi connectivity index (χ1) is 8.77. The summed E-state index contributed by atoms with van der Waals surface area (Å²) in [5.74, 6) is 2.36. The number of thioether (sulfide) groups is 1. The first-order valence-corrected chi connectivity index (χ1v) is 7.71. The van der Waals surface area contributed by atoms with E-state index in [0.717, 1.165) is 18.7 Å². The van der Waals surface area contributed by atoms with Crippen LogP contribution in [-0.2, 0) is 0 Å². The van der Waals surface area contributed by atoms with Crippen LogP contribution in [0.3, 0.4) is 0 Å². The second-order valence-electron chi connectivity index (χ2n) is 4.65. The van der Waals surface area contributed by atoms with Gasteiger partial charge >= 0.3 is 0 Å². The smallest absolute Gasteiger partial charge is 0.127 e. The van der Waals surface area contributed by atoms with Crippen molar-refractivity contribution in [2.45, 2.75) is 13.0 Å². The third-order valence-corrected chi connectivity index (χ3v) is 4.30. The predicted molar refractivity (Wildman–Crippen MR) is 76.6 cm³/mol. The maximum atomic E-state index is 13.6. The van der Waals surface area contributed by atoms with Gasteiger partial charge in [-0.05, 0) is 13.0 Å². The largest absolute Gasteiger partial charge is 0.309 e. The van der Waals surface area contributed by atoms with Crippen LogP contribution in [-0.4, -0.2) is 42.6 Å². The molecule has 1 aromatic carbocycles. The highest BCUT2D eigenvalue weighted by molar-refractivity contribution is 7.99. The molecule has 0 radical (unpaired) electrons. The van der Waals surface area contributed by atoms with Crippen molar-refractivity contribution in [1.29, 1.82) is 0 Å². The SMILES string of the molecule is CC(NCCN1CCSCC1)c1ccccc1F. The number of nitrogens with zero attached hydrogens (tertiary/aromatic N) is 1. The van der Waals surface area contributed by atoms with Gasteiger partial charge in [-0.1, -0.05) is 18.2 Å². The average molecular weight is 268 g/mol. The molecule has 0 saturated carbocycles. The summed E-state index contributed by atoms with van der Waals surface area (Å²) in [5, 5.41) is 3.40. The molecule has 100 valence electrons. The second-order valence-corrected chi connectivity index (χ2v) is 5.88. The van der Waals surface area contributed by atoms with Gasteiger partial charge in [0, 0.05) is 49.3 Å². The summed E-state index contributed by atoms with van der Waals surface area (Å²) in [6.07, 6.45) is 0. The summed E-state index contributed by atoms with van der Waals surface area (Å²) in [4.78, 5) is 2.47. The minimum absolute atomic E-state index is 0.0744. The van der Waals surface area contributed by atoms with Gasteiger partial charge in [-0.3, -0.25) is 0 Å². The number of nitrogens with one attached hydrogen (secondary N) is 1. The Kier molecular flexibility index (Phi) is 5.47. The molecule has 1 aliphatic heterocycles. The number of hydrogen-bond acceptors (Lipinski definition) is 3. The Morgan fingerprint density at radius 1 is 1.33 bits per heavy atom. The van der Waals surface area contributed by atoms with E-state index >= 15 is 0 Å². The highest BCUT2D eigenvalue weighted by Gasteiger charge is 2.12. The maximum Gasteiger partial charge on any atom is 0.127 e. The number of rotatable bonds is 5. The lowest BCUT2D eigenvalue weighted by atomic mass is 10.1. The monoisotopic (exact) mass is 268 g/mol. The van der Waals surface area contributed by atoms with E-state index in [4.69, 9.17) is 0 Å². The second kappa shape index (κ2) is 7.12. The normalized spacial score (nSPS) is 18.8. The molecule has 4 heteroatoms.